The van der Waals surface area contributed by atoms with Crippen LogP contribution in [0, 0.1) is 10.1 Å². The summed E-state index contributed by atoms with van der Waals surface area (Å²) in [5, 5.41) is 26.9. The van der Waals surface area contributed by atoms with Crippen molar-refractivity contribution in [3.8, 4) is 11.5 Å². The minimum Gasteiger partial charge on any atom is -0.502 e. The van der Waals surface area contributed by atoms with Crippen LogP contribution in [0.2, 0.25) is 0 Å². The molecule has 2 amide bonds. The van der Waals surface area contributed by atoms with Crippen molar-refractivity contribution in [2.75, 3.05) is 12.4 Å². The van der Waals surface area contributed by atoms with Crippen LogP contribution in [0.4, 0.5) is 16.2 Å². The molecule has 25 heavy (non-hydrogen) atoms. The van der Waals surface area contributed by atoms with Crippen molar-refractivity contribution in [2.45, 2.75) is 0 Å². The number of amides is 2. The van der Waals surface area contributed by atoms with Gasteiger partial charge in [-0.1, -0.05) is 28.1 Å². The average molecular weight is 409 g/mol. The first-order valence-electron chi connectivity index (χ1n) is 6.82. The number of ether oxygens (including phenoxy) is 1. The molecule has 0 aromatic heterocycles. The fourth-order valence-electron chi connectivity index (χ4n) is 1.90. The SMILES string of the molecule is COc1ccccc1NC(=O)N/N=C/c1cc(Br)cc([N+](=O)[O-])c1O. The second kappa shape index (κ2) is 8.11. The Labute approximate surface area is 150 Å². The smallest absolute Gasteiger partial charge is 0.339 e. The van der Waals surface area contributed by atoms with Crippen molar-refractivity contribution < 1.29 is 19.6 Å². The third-order valence-electron chi connectivity index (χ3n) is 3.01. The summed E-state index contributed by atoms with van der Waals surface area (Å²) in [6.45, 7) is 0. The Morgan fingerprint density at radius 1 is 1.40 bits per heavy atom. The number of carbonyl (C=O) groups excluding carboxylic acids is 1. The van der Waals surface area contributed by atoms with E-state index in [9.17, 15) is 20.0 Å². The summed E-state index contributed by atoms with van der Waals surface area (Å²) in [6.07, 6.45) is 1.09. The largest absolute Gasteiger partial charge is 0.502 e. The third-order valence-corrected chi connectivity index (χ3v) is 3.46. The summed E-state index contributed by atoms with van der Waals surface area (Å²) >= 11 is 3.11. The second-order valence-electron chi connectivity index (χ2n) is 4.64. The first-order valence-corrected chi connectivity index (χ1v) is 7.61. The Morgan fingerprint density at radius 2 is 2.12 bits per heavy atom. The number of methoxy groups -OCH3 is 1. The Morgan fingerprint density at radius 3 is 2.80 bits per heavy atom. The lowest BCUT2D eigenvalue weighted by molar-refractivity contribution is -0.385. The van der Waals surface area contributed by atoms with Crippen LogP contribution in [0.15, 0.2) is 46.0 Å². The van der Waals surface area contributed by atoms with Gasteiger partial charge in [-0.05, 0) is 18.2 Å². The van der Waals surface area contributed by atoms with Crippen molar-refractivity contribution in [3.63, 3.8) is 0 Å². The first kappa shape index (κ1) is 18.2. The van der Waals surface area contributed by atoms with Gasteiger partial charge >= 0.3 is 11.7 Å². The lowest BCUT2D eigenvalue weighted by Crippen LogP contribution is -2.24. The standard InChI is InChI=1S/C15H13BrN4O5/c1-25-13-5-3-2-4-11(13)18-15(22)19-17-8-9-6-10(16)7-12(14(9)21)20(23)24/h2-8,21H,1H3,(H2,18,19,22)/b17-8+. The van der Waals surface area contributed by atoms with Gasteiger partial charge in [0.1, 0.15) is 5.75 Å². The summed E-state index contributed by atoms with van der Waals surface area (Å²) in [5.74, 6) is -0.0780. The Bertz CT molecular complexity index is 841. The minimum absolute atomic E-state index is 0.0682. The maximum absolute atomic E-state index is 11.8. The van der Waals surface area contributed by atoms with Gasteiger partial charge in [0.2, 0.25) is 5.75 Å². The number of aromatic hydroxyl groups is 1. The molecule has 9 nitrogen and oxygen atoms in total. The highest BCUT2D eigenvalue weighted by Gasteiger charge is 2.17. The number of nitrogens with zero attached hydrogens (tertiary/aromatic N) is 2. The molecular formula is C15H13BrN4O5. The van der Waals surface area contributed by atoms with Crippen molar-refractivity contribution in [2.24, 2.45) is 5.10 Å². The number of para-hydroxylation sites is 2. The van der Waals surface area contributed by atoms with E-state index in [4.69, 9.17) is 4.74 Å². The van der Waals surface area contributed by atoms with E-state index in [1.165, 1.54) is 13.2 Å². The number of nitrogens with one attached hydrogen (secondary N) is 2. The fraction of sp³-hybridized carbons (Fsp3) is 0.0667. The number of hydrogen-bond donors (Lipinski definition) is 3. The van der Waals surface area contributed by atoms with E-state index < -0.39 is 22.4 Å². The monoisotopic (exact) mass is 408 g/mol. The average Bonchev–Trinajstić information content (AvgIpc) is 2.57. The molecular weight excluding hydrogens is 396 g/mol. The maximum atomic E-state index is 11.8. The Kier molecular flexibility index (Phi) is 5.90. The highest BCUT2D eigenvalue weighted by molar-refractivity contribution is 9.10. The van der Waals surface area contributed by atoms with Crippen molar-refractivity contribution in [1.82, 2.24) is 5.43 Å². The van der Waals surface area contributed by atoms with Gasteiger partial charge in [-0.3, -0.25) is 10.1 Å². The molecule has 2 rings (SSSR count). The molecule has 0 saturated carbocycles. The number of nitro groups is 1. The zero-order valence-electron chi connectivity index (χ0n) is 12.9. The molecule has 0 bridgehead atoms. The van der Waals surface area contributed by atoms with E-state index in [2.05, 4.69) is 31.8 Å². The zero-order valence-corrected chi connectivity index (χ0v) is 14.5. The lowest BCUT2D eigenvalue weighted by Gasteiger charge is -2.08. The van der Waals surface area contributed by atoms with E-state index in [0.717, 1.165) is 12.3 Å². The first-order chi connectivity index (χ1) is 11.9. The number of carbonyl (C=O) groups is 1. The van der Waals surface area contributed by atoms with Gasteiger partial charge in [-0.15, -0.1) is 0 Å². The van der Waals surface area contributed by atoms with Gasteiger partial charge in [-0.25, -0.2) is 10.2 Å². The molecule has 0 aliphatic carbocycles. The van der Waals surface area contributed by atoms with Gasteiger partial charge in [0.25, 0.3) is 0 Å². The molecule has 0 spiro atoms. The van der Waals surface area contributed by atoms with E-state index in [1.807, 2.05) is 0 Å². The number of anilines is 1. The maximum Gasteiger partial charge on any atom is 0.339 e. The van der Waals surface area contributed by atoms with E-state index in [1.54, 1.807) is 24.3 Å². The lowest BCUT2D eigenvalue weighted by atomic mass is 10.2. The second-order valence-corrected chi connectivity index (χ2v) is 5.56. The molecule has 10 heteroatoms. The topological polar surface area (TPSA) is 126 Å². The number of phenolic OH excluding ortho intramolecular Hbond substituents is 1. The summed E-state index contributed by atoms with van der Waals surface area (Å²) in [6, 6.07) is 8.73. The zero-order chi connectivity index (χ0) is 18.4. The molecule has 0 radical (unpaired) electrons. The van der Waals surface area contributed by atoms with Gasteiger partial charge < -0.3 is 15.2 Å². The molecule has 0 aliphatic heterocycles. The molecule has 0 atom stereocenters. The highest BCUT2D eigenvalue weighted by Crippen LogP contribution is 2.32. The predicted octanol–water partition coefficient (Wildman–Crippen LogP) is 3.23. The number of hydrogen-bond acceptors (Lipinski definition) is 6. The number of halogens is 1. The number of urea groups is 1. The van der Waals surface area contributed by atoms with Crippen LogP contribution in [-0.2, 0) is 0 Å². The van der Waals surface area contributed by atoms with Crippen LogP contribution >= 0.6 is 15.9 Å². The highest BCUT2D eigenvalue weighted by atomic mass is 79.9. The van der Waals surface area contributed by atoms with Crippen LogP contribution in [-0.4, -0.2) is 29.4 Å². The van der Waals surface area contributed by atoms with Crippen LogP contribution in [0.3, 0.4) is 0 Å². The molecule has 0 aliphatic rings. The molecule has 0 saturated heterocycles. The number of nitro benzene ring substituents is 1. The number of rotatable bonds is 5. The van der Waals surface area contributed by atoms with Crippen molar-refractivity contribution >= 4 is 39.6 Å². The predicted molar refractivity (Wildman–Crippen MR) is 95.2 cm³/mol. The van der Waals surface area contributed by atoms with Gasteiger partial charge in [-0.2, -0.15) is 5.10 Å². The molecule has 3 N–H and O–H groups in total. The van der Waals surface area contributed by atoms with E-state index in [-0.39, 0.29) is 5.56 Å². The molecule has 2 aromatic rings. The fourth-order valence-corrected chi connectivity index (χ4v) is 2.37. The van der Waals surface area contributed by atoms with E-state index in [0.29, 0.717) is 15.9 Å². The quantitative estimate of drug-likeness (QED) is 0.397. The molecule has 0 unspecified atom stereocenters. The van der Waals surface area contributed by atoms with Gasteiger partial charge in [0.05, 0.1) is 23.9 Å². The Hall–Kier alpha value is -3.14. The third kappa shape index (κ3) is 4.67. The molecule has 130 valence electrons. The van der Waals surface area contributed by atoms with Crippen LogP contribution in [0.5, 0.6) is 11.5 Å². The van der Waals surface area contributed by atoms with Crippen molar-refractivity contribution in [3.05, 3.63) is 56.5 Å². The number of benzene rings is 2. The molecule has 0 fully saturated rings. The molecule has 2 aromatic carbocycles. The summed E-state index contributed by atoms with van der Waals surface area (Å²) in [5.41, 5.74) is 2.23. The number of phenols is 1. The van der Waals surface area contributed by atoms with Crippen molar-refractivity contribution in [1.29, 1.82) is 0 Å². The van der Waals surface area contributed by atoms with Crippen LogP contribution in [0.1, 0.15) is 5.56 Å². The van der Waals surface area contributed by atoms with Gasteiger partial charge in [0, 0.05) is 16.1 Å². The summed E-state index contributed by atoms with van der Waals surface area (Å²) in [4.78, 5) is 22.0. The van der Waals surface area contributed by atoms with Crippen LogP contribution in [0.25, 0.3) is 0 Å². The summed E-state index contributed by atoms with van der Waals surface area (Å²) in [7, 11) is 1.47. The Balaban J connectivity index is 2.08. The van der Waals surface area contributed by atoms with Crippen LogP contribution < -0.4 is 15.5 Å². The van der Waals surface area contributed by atoms with Gasteiger partial charge in [0.15, 0.2) is 0 Å². The minimum atomic E-state index is -0.723. The van der Waals surface area contributed by atoms with E-state index >= 15 is 0 Å². The molecule has 0 heterocycles. The normalized spacial score (nSPS) is 10.5. The number of hydrazone groups is 1. The summed E-state index contributed by atoms with van der Waals surface area (Å²) < 4.78 is 5.49.